The normalized spacial score (nSPS) is 19.9. The van der Waals surface area contributed by atoms with E-state index in [1.165, 1.54) is 5.56 Å². The van der Waals surface area contributed by atoms with Crippen molar-refractivity contribution in [1.82, 2.24) is 5.32 Å². The van der Waals surface area contributed by atoms with E-state index in [1.807, 2.05) is 66.7 Å². The molecule has 1 aliphatic heterocycles. The molecule has 1 aliphatic rings. The van der Waals surface area contributed by atoms with Gasteiger partial charge in [-0.15, -0.1) is 0 Å². The Balaban J connectivity index is 1.24. The summed E-state index contributed by atoms with van der Waals surface area (Å²) in [4.78, 5) is 0. The number of methoxy groups -OCH3 is 1. The van der Waals surface area contributed by atoms with E-state index in [1.54, 1.807) is 7.11 Å². The standard InChI is InChI=1S/C29H35NO5/c1-32-25-12-8-23(9-13-25)21-35-28-19-30-18-27(31)29(28)24-10-14-26(15-11-24)34-17-5-16-33-20-22-6-3-2-4-7-22/h2-4,6-15,27-31H,5,16-21H2,1H3/t27-,28+,29+/m1/s1. The largest absolute Gasteiger partial charge is 0.497 e. The Hall–Kier alpha value is -2.90. The van der Waals surface area contributed by atoms with E-state index in [0.717, 1.165) is 29.0 Å². The summed E-state index contributed by atoms with van der Waals surface area (Å²) in [5.41, 5.74) is 3.30. The molecule has 0 radical (unpaired) electrons. The second kappa shape index (κ2) is 13.3. The van der Waals surface area contributed by atoms with Crippen molar-refractivity contribution in [3.63, 3.8) is 0 Å². The van der Waals surface area contributed by atoms with E-state index in [4.69, 9.17) is 18.9 Å². The highest BCUT2D eigenvalue weighted by Gasteiger charge is 2.34. The lowest BCUT2D eigenvalue weighted by molar-refractivity contribution is -0.0328. The molecule has 0 unspecified atom stereocenters. The van der Waals surface area contributed by atoms with Crippen LogP contribution in [-0.2, 0) is 22.7 Å². The zero-order valence-electron chi connectivity index (χ0n) is 20.3. The summed E-state index contributed by atoms with van der Waals surface area (Å²) in [5.74, 6) is 1.54. The third kappa shape index (κ3) is 7.54. The predicted molar refractivity (Wildman–Crippen MR) is 136 cm³/mol. The van der Waals surface area contributed by atoms with Crippen LogP contribution in [0.3, 0.4) is 0 Å². The minimum Gasteiger partial charge on any atom is -0.497 e. The van der Waals surface area contributed by atoms with E-state index < -0.39 is 6.10 Å². The summed E-state index contributed by atoms with van der Waals surface area (Å²) in [6.07, 6.45) is 0.176. The van der Waals surface area contributed by atoms with Gasteiger partial charge in [0.05, 0.1) is 45.7 Å². The van der Waals surface area contributed by atoms with E-state index in [-0.39, 0.29) is 12.0 Å². The highest BCUT2D eigenvalue weighted by molar-refractivity contribution is 5.32. The number of β-amino-alcohol motifs (C(OH)–C–C–N with tert-alkyl or cyclic N) is 1. The van der Waals surface area contributed by atoms with Gasteiger partial charge in [0.25, 0.3) is 0 Å². The fraction of sp³-hybridized carbons (Fsp3) is 0.379. The maximum atomic E-state index is 10.7. The molecule has 3 atom stereocenters. The van der Waals surface area contributed by atoms with Crippen LogP contribution in [0.5, 0.6) is 11.5 Å². The van der Waals surface area contributed by atoms with Gasteiger partial charge in [-0.3, -0.25) is 0 Å². The van der Waals surface area contributed by atoms with Crippen LogP contribution in [0.4, 0.5) is 0 Å². The van der Waals surface area contributed by atoms with Crippen molar-refractivity contribution in [2.24, 2.45) is 0 Å². The molecule has 2 N–H and O–H groups in total. The summed E-state index contributed by atoms with van der Waals surface area (Å²) in [7, 11) is 1.66. The summed E-state index contributed by atoms with van der Waals surface area (Å²) in [5, 5.41) is 14.0. The van der Waals surface area contributed by atoms with Gasteiger partial charge in [0.15, 0.2) is 0 Å². The van der Waals surface area contributed by atoms with Crippen LogP contribution >= 0.6 is 0 Å². The molecule has 6 heteroatoms. The molecule has 3 aromatic carbocycles. The van der Waals surface area contributed by atoms with Gasteiger partial charge in [-0.05, 0) is 41.0 Å². The van der Waals surface area contributed by atoms with Crippen molar-refractivity contribution in [3.8, 4) is 11.5 Å². The highest BCUT2D eigenvalue weighted by atomic mass is 16.5. The number of aliphatic hydroxyl groups excluding tert-OH is 1. The molecule has 1 saturated heterocycles. The number of nitrogens with one attached hydrogen (secondary N) is 1. The lowest BCUT2D eigenvalue weighted by atomic mass is 9.85. The molecular weight excluding hydrogens is 442 g/mol. The van der Waals surface area contributed by atoms with Crippen LogP contribution < -0.4 is 14.8 Å². The van der Waals surface area contributed by atoms with Crippen LogP contribution in [0.1, 0.15) is 29.0 Å². The van der Waals surface area contributed by atoms with Crippen molar-refractivity contribution in [1.29, 1.82) is 0 Å². The highest BCUT2D eigenvalue weighted by Crippen LogP contribution is 2.30. The Morgan fingerprint density at radius 2 is 1.51 bits per heavy atom. The zero-order chi connectivity index (χ0) is 24.3. The molecule has 1 fully saturated rings. The fourth-order valence-corrected chi connectivity index (χ4v) is 4.30. The van der Waals surface area contributed by atoms with Crippen molar-refractivity contribution >= 4 is 0 Å². The minimum absolute atomic E-state index is 0.102. The van der Waals surface area contributed by atoms with Crippen molar-refractivity contribution in [3.05, 3.63) is 95.6 Å². The van der Waals surface area contributed by atoms with E-state index in [9.17, 15) is 5.11 Å². The van der Waals surface area contributed by atoms with Gasteiger partial charge in [-0.2, -0.15) is 0 Å². The van der Waals surface area contributed by atoms with Gasteiger partial charge in [0.2, 0.25) is 0 Å². The molecule has 0 bridgehead atoms. The first-order valence-electron chi connectivity index (χ1n) is 12.2. The zero-order valence-corrected chi connectivity index (χ0v) is 20.3. The average molecular weight is 478 g/mol. The Labute approximate surface area is 207 Å². The molecule has 6 nitrogen and oxygen atoms in total. The Morgan fingerprint density at radius 3 is 2.26 bits per heavy atom. The van der Waals surface area contributed by atoms with Gasteiger partial charge >= 0.3 is 0 Å². The molecule has 0 amide bonds. The minimum atomic E-state index is -0.516. The van der Waals surface area contributed by atoms with E-state index in [2.05, 4.69) is 17.4 Å². The second-order valence-corrected chi connectivity index (χ2v) is 8.76. The molecule has 3 aromatic rings. The SMILES string of the molecule is COc1ccc(CO[C@H]2CNC[C@@H](O)[C@@H]2c2ccc(OCCCOCc3ccccc3)cc2)cc1. The molecule has 4 rings (SSSR count). The van der Waals surface area contributed by atoms with Crippen LogP contribution in [0.25, 0.3) is 0 Å². The lowest BCUT2D eigenvalue weighted by Gasteiger charge is -2.36. The molecule has 1 heterocycles. The number of ether oxygens (including phenoxy) is 4. The number of hydrogen-bond acceptors (Lipinski definition) is 6. The van der Waals surface area contributed by atoms with Crippen molar-refractivity contribution in [2.75, 3.05) is 33.4 Å². The average Bonchev–Trinajstić information content (AvgIpc) is 2.91. The summed E-state index contributed by atoms with van der Waals surface area (Å²) in [6.45, 7) is 3.59. The summed E-state index contributed by atoms with van der Waals surface area (Å²) >= 11 is 0. The quantitative estimate of drug-likeness (QED) is 0.379. The molecule has 0 aliphatic carbocycles. The number of piperidine rings is 1. The van der Waals surface area contributed by atoms with Crippen LogP contribution in [0.2, 0.25) is 0 Å². The summed E-state index contributed by atoms with van der Waals surface area (Å²) < 4.78 is 23.1. The van der Waals surface area contributed by atoms with Gasteiger partial charge in [-0.1, -0.05) is 54.6 Å². The maximum absolute atomic E-state index is 10.7. The monoisotopic (exact) mass is 477 g/mol. The molecule has 0 saturated carbocycles. The molecule has 186 valence electrons. The van der Waals surface area contributed by atoms with E-state index in [0.29, 0.717) is 39.5 Å². The number of hydrogen-bond donors (Lipinski definition) is 2. The van der Waals surface area contributed by atoms with Gasteiger partial charge < -0.3 is 29.4 Å². The van der Waals surface area contributed by atoms with Crippen LogP contribution in [-0.4, -0.2) is 50.7 Å². The lowest BCUT2D eigenvalue weighted by Crippen LogP contribution is -2.49. The number of benzene rings is 3. The Morgan fingerprint density at radius 1 is 0.800 bits per heavy atom. The van der Waals surface area contributed by atoms with Gasteiger partial charge in [0.1, 0.15) is 11.5 Å². The van der Waals surface area contributed by atoms with Crippen molar-refractivity contribution in [2.45, 2.75) is 37.8 Å². The molecule has 35 heavy (non-hydrogen) atoms. The van der Waals surface area contributed by atoms with Gasteiger partial charge in [0, 0.05) is 25.4 Å². The van der Waals surface area contributed by atoms with Crippen molar-refractivity contribution < 1.29 is 24.1 Å². The molecule has 0 spiro atoms. The van der Waals surface area contributed by atoms with E-state index >= 15 is 0 Å². The first kappa shape index (κ1) is 25.2. The van der Waals surface area contributed by atoms with Gasteiger partial charge in [-0.25, -0.2) is 0 Å². The first-order valence-corrected chi connectivity index (χ1v) is 12.2. The topological polar surface area (TPSA) is 69.2 Å². The Bertz CT molecular complexity index is 994. The maximum Gasteiger partial charge on any atom is 0.119 e. The second-order valence-electron chi connectivity index (χ2n) is 8.76. The van der Waals surface area contributed by atoms with Crippen LogP contribution in [0, 0.1) is 0 Å². The van der Waals surface area contributed by atoms with Crippen LogP contribution in [0.15, 0.2) is 78.9 Å². The first-order chi connectivity index (χ1) is 17.2. The third-order valence-corrected chi connectivity index (χ3v) is 6.22. The number of rotatable bonds is 12. The predicted octanol–water partition coefficient (Wildman–Crippen LogP) is 4.31. The number of aliphatic hydroxyl groups is 1. The fourth-order valence-electron chi connectivity index (χ4n) is 4.30. The molecule has 0 aromatic heterocycles. The molecular formula is C29H35NO5. The smallest absolute Gasteiger partial charge is 0.119 e. The Kier molecular flexibility index (Phi) is 9.55. The summed E-state index contributed by atoms with van der Waals surface area (Å²) in [6, 6.07) is 26.0. The third-order valence-electron chi connectivity index (χ3n) is 6.22.